The van der Waals surface area contributed by atoms with Crippen LogP contribution in [0.1, 0.15) is 30.5 Å². The van der Waals surface area contributed by atoms with Gasteiger partial charge in [-0.15, -0.1) is 12.4 Å². The van der Waals surface area contributed by atoms with Crippen molar-refractivity contribution in [2.75, 3.05) is 12.3 Å². The molecule has 30 heavy (non-hydrogen) atoms. The Morgan fingerprint density at radius 2 is 1.57 bits per heavy atom. The summed E-state index contributed by atoms with van der Waals surface area (Å²) in [6.07, 6.45) is 3.73. The Balaban J connectivity index is 0.00000160. The van der Waals surface area contributed by atoms with Gasteiger partial charge in [-0.25, -0.2) is 4.98 Å². The first kappa shape index (κ1) is 23.3. The van der Waals surface area contributed by atoms with Gasteiger partial charge in [0.1, 0.15) is 12.1 Å². The number of nitrogen functional groups attached to an aromatic ring is 1. The van der Waals surface area contributed by atoms with E-state index in [9.17, 15) is 0 Å². The predicted molar refractivity (Wildman–Crippen MR) is 128 cm³/mol. The maximum Gasteiger partial charge on any atom is 0.119 e. The van der Waals surface area contributed by atoms with Crippen LogP contribution >= 0.6 is 12.4 Å². The maximum atomic E-state index is 6.43. The molecule has 0 saturated carbocycles. The number of hydrogen-bond acceptors (Lipinski definition) is 4. The second kappa shape index (κ2) is 10.1. The van der Waals surface area contributed by atoms with E-state index in [1.54, 1.807) is 0 Å². The van der Waals surface area contributed by atoms with Crippen molar-refractivity contribution in [3.63, 3.8) is 0 Å². The van der Waals surface area contributed by atoms with E-state index in [4.69, 9.17) is 10.5 Å². The van der Waals surface area contributed by atoms with Gasteiger partial charge in [0.15, 0.2) is 0 Å². The molecule has 4 rings (SSSR count). The molecule has 5 N–H and O–H groups in total. The van der Waals surface area contributed by atoms with Crippen molar-refractivity contribution < 1.29 is 4.74 Å². The molecule has 0 aliphatic carbocycles. The molecule has 0 atom stereocenters. The lowest BCUT2D eigenvalue weighted by Gasteiger charge is -2.10. The number of ether oxygens (including phenoxy) is 1. The summed E-state index contributed by atoms with van der Waals surface area (Å²) in [6.45, 7) is 4.81. The standard InChI is InChI=1S/C24H25N3O.ClH.H3N/c1-3-17-5-7-18(8-6-17)13-19-14-22(25)24-23(15-19)26-16-27(24)20-9-11-21(12-10-20)28-4-2;;/h5-12,14-16H,3-4,13,25H2,1-2H3;1H;1H3. The molecule has 0 fully saturated rings. The Labute approximate surface area is 183 Å². The molecule has 1 heterocycles. The van der Waals surface area contributed by atoms with E-state index in [1.165, 1.54) is 16.7 Å². The van der Waals surface area contributed by atoms with Crippen LogP contribution in [0.4, 0.5) is 5.69 Å². The number of rotatable bonds is 6. The second-order valence-electron chi connectivity index (χ2n) is 6.94. The van der Waals surface area contributed by atoms with Crippen molar-refractivity contribution in [2.45, 2.75) is 26.7 Å². The summed E-state index contributed by atoms with van der Waals surface area (Å²) in [4.78, 5) is 4.60. The predicted octanol–water partition coefficient (Wildman–Crippen LogP) is 5.74. The summed E-state index contributed by atoms with van der Waals surface area (Å²) in [5, 5.41) is 0. The summed E-state index contributed by atoms with van der Waals surface area (Å²) in [5.74, 6) is 0.861. The quantitative estimate of drug-likeness (QED) is 0.386. The van der Waals surface area contributed by atoms with Crippen molar-refractivity contribution in [3.05, 3.63) is 83.7 Å². The monoisotopic (exact) mass is 424 g/mol. The Hall–Kier alpha value is -3.02. The highest BCUT2D eigenvalue weighted by molar-refractivity contribution is 5.89. The van der Waals surface area contributed by atoms with Crippen LogP contribution in [0.3, 0.4) is 0 Å². The van der Waals surface area contributed by atoms with E-state index in [1.807, 2.05) is 42.1 Å². The van der Waals surface area contributed by atoms with Crippen LogP contribution in [0.5, 0.6) is 5.75 Å². The SMILES string of the molecule is CCOc1ccc(-n2cnc3cc(Cc4ccc(CC)cc4)cc(N)c32)cc1.Cl.N. The Morgan fingerprint density at radius 1 is 0.900 bits per heavy atom. The van der Waals surface area contributed by atoms with Crippen LogP contribution in [0.25, 0.3) is 16.7 Å². The average molecular weight is 425 g/mol. The van der Waals surface area contributed by atoms with Crippen molar-refractivity contribution in [1.29, 1.82) is 0 Å². The minimum absolute atomic E-state index is 0. The van der Waals surface area contributed by atoms with E-state index >= 15 is 0 Å². The molecule has 4 aromatic rings. The Kier molecular flexibility index (Phi) is 7.86. The topological polar surface area (TPSA) is 88.1 Å². The van der Waals surface area contributed by atoms with E-state index in [-0.39, 0.29) is 18.6 Å². The first-order chi connectivity index (χ1) is 13.7. The van der Waals surface area contributed by atoms with Crippen LogP contribution in [0.15, 0.2) is 67.0 Å². The fourth-order valence-corrected chi connectivity index (χ4v) is 3.54. The van der Waals surface area contributed by atoms with Gasteiger partial charge < -0.3 is 16.6 Å². The second-order valence-corrected chi connectivity index (χ2v) is 6.94. The fraction of sp³-hybridized carbons (Fsp3) is 0.208. The number of benzene rings is 3. The third-order valence-electron chi connectivity index (χ3n) is 5.00. The third kappa shape index (κ3) is 4.75. The third-order valence-corrected chi connectivity index (χ3v) is 5.00. The van der Waals surface area contributed by atoms with Crippen LogP contribution in [0, 0.1) is 0 Å². The molecular formula is C24H29ClN4O. The molecule has 3 aromatic carbocycles. The van der Waals surface area contributed by atoms with E-state index in [0.29, 0.717) is 6.61 Å². The van der Waals surface area contributed by atoms with E-state index < -0.39 is 0 Å². The van der Waals surface area contributed by atoms with Gasteiger partial charge in [-0.2, -0.15) is 0 Å². The zero-order valence-corrected chi connectivity index (χ0v) is 18.3. The summed E-state index contributed by atoms with van der Waals surface area (Å²) in [6, 6.07) is 20.9. The number of halogens is 1. The van der Waals surface area contributed by atoms with Gasteiger partial charge in [0.25, 0.3) is 0 Å². The lowest BCUT2D eigenvalue weighted by Crippen LogP contribution is -1.98. The summed E-state index contributed by atoms with van der Waals surface area (Å²) in [5.41, 5.74) is 13.8. The summed E-state index contributed by atoms with van der Waals surface area (Å²) in [7, 11) is 0. The molecular weight excluding hydrogens is 396 g/mol. The van der Waals surface area contributed by atoms with Crippen molar-refractivity contribution in [1.82, 2.24) is 15.7 Å². The number of nitrogens with zero attached hydrogens (tertiary/aromatic N) is 2. The number of imidazole rings is 1. The van der Waals surface area contributed by atoms with Crippen molar-refractivity contribution in [2.24, 2.45) is 0 Å². The van der Waals surface area contributed by atoms with Crippen LogP contribution < -0.4 is 16.6 Å². The smallest absolute Gasteiger partial charge is 0.119 e. The fourth-order valence-electron chi connectivity index (χ4n) is 3.54. The van der Waals surface area contributed by atoms with Gasteiger partial charge in [-0.1, -0.05) is 31.2 Å². The largest absolute Gasteiger partial charge is 0.494 e. The molecule has 0 spiro atoms. The average Bonchev–Trinajstić information content (AvgIpc) is 3.14. The van der Waals surface area contributed by atoms with Crippen molar-refractivity contribution in [3.8, 4) is 11.4 Å². The molecule has 0 unspecified atom stereocenters. The highest BCUT2D eigenvalue weighted by Crippen LogP contribution is 2.27. The molecule has 0 bridgehead atoms. The molecule has 1 aromatic heterocycles. The van der Waals surface area contributed by atoms with Gasteiger partial charge in [0.05, 0.1) is 23.3 Å². The molecule has 0 aliphatic rings. The minimum atomic E-state index is 0. The lowest BCUT2D eigenvalue weighted by atomic mass is 10.0. The molecule has 0 radical (unpaired) electrons. The molecule has 0 aliphatic heterocycles. The minimum Gasteiger partial charge on any atom is -0.494 e. The van der Waals surface area contributed by atoms with E-state index in [0.717, 1.165) is 41.0 Å². The summed E-state index contributed by atoms with van der Waals surface area (Å²) < 4.78 is 7.55. The van der Waals surface area contributed by atoms with Gasteiger partial charge in [-0.3, -0.25) is 4.57 Å². The normalized spacial score (nSPS) is 10.3. The maximum absolute atomic E-state index is 6.43. The van der Waals surface area contributed by atoms with Gasteiger partial charge in [-0.05, 0) is 72.9 Å². The Morgan fingerprint density at radius 3 is 2.20 bits per heavy atom. The molecule has 5 nitrogen and oxygen atoms in total. The zero-order chi connectivity index (χ0) is 19.5. The Bertz CT molecular complexity index is 1090. The molecule has 0 saturated heterocycles. The van der Waals surface area contributed by atoms with Gasteiger partial charge >= 0.3 is 0 Å². The number of aryl methyl sites for hydroxylation is 1. The van der Waals surface area contributed by atoms with Crippen LogP contribution in [0.2, 0.25) is 0 Å². The zero-order valence-electron chi connectivity index (χ0n) is 17.5. The van der Waals surface area contributed by atoms with Gasteiger partial charge in [0.2, 0.25) is 0 Å². The van der Waals surface area contributed by atoms with Crippen LogP contribution in [-0.2, 0) is 12.8 Å². The molecule has 158 valence electrons. The van der Waals surface area contributed by atoms with Crippen LogP contribution in [-0.4, -0.2) is 16.2 Å². The first-order valence-corrected chi connectivity index (χ1v) is 9.74. The molecule has 0 amide bonds. The molecule has 6 heteroatoms. The highest BCUT2D eigenvalue weighted by Gasteiger charge is 2.11. The number of aromatic nitrogens is 2. The number of fused-ring (bicyclic) bond motifs is 1. The highest BCUT2D eigenvalue weighted by atomic mass is 35.5. The first-order valence-electron chi connectivity index (χ1n) is 9.74. The summed E-state index contributed by atoms with van der Waals surface area (Å²) >= 11 is 0. The number of nitrogens with two attached hydrogens (primary N) is 1. The van der Waals surface area contributed by atoms with Crippen molar-refractivity contribution >= 4 is 29.1 Å². The van der Waals surface area contributed by atoms with E-state index in [2.05, 4.69) is 48.3 Å². The number of hydrogen-bond donors (Lipinski definition) is 2. The number of anilines is 1. The van der Waals surface area contributed by atoms with Gasteiger partial charge in [0, 0.05) is 5.69 Å². The lowest BCUT2D eigenvalue weighted by molar-refractivity contribution is 0.340.